The summed E-state index contributed by atoms with van der Waals surface area (Å²) in [6, 6.07) is 4.60. The Morgan fingerprint density at radius 2 is 2.39 bits per heavy atom. The van der Waals surface area contributed by atoms with Gasteiger partial charge in [-0.25, -0.2) is 0 Å². The van der Waals surface area contributed by atoms with Gasteiger partial charge in [0.15, 0.2) is 0 Å². The number of nitrogens with one attached hydrogen (secondary N) is 1. The highest BCUT2D eigenvalue weighted by Gasteiger charge is 2.22. The van der Waals surface area contributed by atoms with Crippen molar-refractivity contribution >= 4 is 0 Å². The minimum Gasteiger partial charge on any atom is -0.376 e. The van der Waals surface area contributed by atoms with Crippen molar-refractivity contribution in [2.24, 2.45) is 0 Å². The molecule has 100 valence electrons. The first-order valence-corrected chi connectivity index (χ1v) is 6.71. The fraction of sp³-hybridized carbons (Fsp3) is 0.643. The summed E-state index contributed by atoms with van der Waals surface area (Å²) in [4.78, 5) is 6.60. The van der Waals surface area contributed by atoms with Crippen molar-refractivity contribution < 1.29 is 4.74 Å². The summed E-state index contributed by atoms with van der Waals surface area (Å²) in [6.45, 7) is 9.23. The molecule has 1 N–H and O–H groups in total. The molecule has 1 saturated heterocycles. The molecule has 2 unspecified atom stereocenters. The first-order chi connectivity index (χ1) is 8.75. The van der Waals surface area contributed by atoms with Crippen LogP contribution in [0.5, 0.6) is 0 Å². The smallest absolute Gasteiger partial charge is 0.0674 e. The predicted molar refractivity (Wildman–Crippen MR) is 72.4 cm³/mol. The number of ether oxygens (including phenoxy) is 1. The van der Waals surface area contributed by atoms with E-state index >= 15 is 0 Å². The van der Waals surface area contributed by atoms with Gasteiger partial charge in [0.1, 0.15) is 0 Å². The molecule has 0 bridgehead atoms. The molecule has 18 heavy (non-hydrogen) atoms. The number of pyridine rings is 1. The van der Waals surface area contributed by atoms with Gasteiger partial charge in [0.2, 0.25) is 0 Å². The molecule has 2 heterocycles. The molecule has 1 aliphatic rings. The van der Waals surface area contributed by atoms with Crippen LogP contribution in [0.25, 0.3) is 0 Å². The van der Waals surface area contributed by atoms with Crippen LogP contribution in [0, 0.1) is 0 Å². The monoisotopic (exact) mass is 249 g/mol. The van der Waals surface area contributed by atoms with Gasteiger partial charge in [-0.05, 0) is 25.5 Å². The zero-order valence-electron chi connectivity index (χ0n) is 11.3. The number of aromatic nitrogens is 1. The second kappa shape index (κ2) is 6.83. The van der Waals surface area contributed by atoms with Gasteiger partial charge in [-0.3, -0.25) is 9.88 Å². The van der Waals surface area contributed by atoms with Crippen LogP contribution in [0.1, 0.15) is 19.4 Å². The van der Waals surface area contributed by atoms with E-state index in [2.05, 4.69) is 35.1 Å². The van der Waals surface area contributed by atoms with E-state index in [1.807, 2.05) is 12.3 Å². The molecule has 2 rings (SSSR count). The predicted octanol–water partition coefficient (Wildman–Crippen LogP) is 1.28. The Hall–Kier alpha value is -0.970. The lowest BCUT2D eigenvalue weighted by atomic mass is 10.2. The van der Waals surface area contributed by atoms with Crippen LogP contribution in [-0.4, -0.2) is 48.3 Å². The summed E-state index contributed by atoms with van der Waals surface area (Å²) >= 11 is 0. The SMILES string of the molecule is CC1CN(CCNCc2cccnc2)C(C)CO1. The highest BCUT2D eigenvalue weighted by Crippen LogP contribution is 2.10. The lowest BCUT2D eigenvalue weighted by Gasteiger charge is -2.36. The van der Waals surface area contributed by atoms with Gasteiger partial charge in [-0.1, -0.05) is 6.07 Å². The lowest BCUT2D eigenvalue weighted by molar-refractivity contribution is -0.0486. The van der Waals surface area contributed by atoms with Gasteiger partial charge < -0.3 is 10.1 Å². The standard InChI is InChI=1S/C14H23N3O/c1-12-11-18-13(2)10-17(12)7-6-16-9-14-4-3-5-15-8-14/h3-5,8,12-13,16H,6-7,9-11H2,1-2H3. The summed E-state index contributed by atoms with van der Waals surface area (Å²) in [5.41, 5.74) is 1.24. The molecule has 0 aliphatic carbocycles. The first kappa shape index (κ1) is 13.5. The van der Waals surface area contributed by atoms with Crippen molar-refractivity contribution in [2.45, 2.75) is 32.5 Å². The van der Waals surface area contributed by atoms with Gasteiger partial charge >= 0.3 is 0 Å². The van der Waals surface area contributed by atoms with Crippen LogP contribution in [-0.2, 0) is 11.3 Å². The number of hydrogen-bond acceptors (Lipinski definition) is 4. The zero-order chi connectivity index (χ0) is 12.8. The third kappa shape index (κ3) is 4.05. The molecular weight excluding hydrogens is 226 g/mol. The van der Waals surface area contributed by atoms with E-state index in [-0.39, 0.29) is 0 Å². The molecule has 1 aromatic rings. The molecule has 2 atom stereocenters. The molecule has 0 radical (unpaired) electrons. The highest BCUT2D eigenvalue weighted by atomic mass is 16.5. The summed E-state index contributed by atoms with van der Waals surface area (Å²) in [7, 11) is 0. The van der Waals surface area contributed by atoms with Crippen LogP contribution in [0.2, 0.25) is 0 Å². The minimum atomic E-state index is 0.361. The fourth-order valence-corrected chi connectivity index (χ4v) is 2.24. The molecular formula is C14H23N3O. The molecule has 0 aromatic carbocycles. The van der Waals surface area contributed by atoms with Gasteiger partial charge in [-0.2, -0.15) is 0 Å². The van der Waals surface area contributed by atoms with Gasteiger partial charge in [-0.15, -0.1) is 0 Å². The molecule has 4 heteroatoms. The highest BCUT2D eigenvalue weighted by molar-refractivity contribution is 5.07. The fourth-order valence-electron chi connectivity index (χ4n) is 2.24. The maximum Gasteiger partial charge on any atom is 0.0674 e. The largest absolute Gasteiger partial charge is 0.376 e. The summed E-state index contributed by atoms with van der Waals surface area (Å²) in [5.74, 6) is 0. The molecule has 0 spiro atoms. The van der Waals surface area contributed by atoms with Gasteiger partial charge in [0, 0.05) is 44.6 Å². The van der Waals surface area contributed by atoms with E-state index in [1.165, 1.54) is 5.56 Å². The van der Waals surface area contributed by atoms with Crippen LogP contribution < -0.4 is 5.32 Å². The first-order valence-electron chi connectivity index (χ1n) is 6.71. The van der Waals surface area contributed by atoms with E-state index in [4.69, 9.17) is 4.74 Å². The topological polar surface area (TPSA) is 37.4 Å². The number of morpholine rings is 1. The molecule has 1 aliphatic heterocycles. The van der Waals surface area contributed by atoms with Gasteiger partial charge in [0.25, 0.3) is 0 Å². The second-order valence-corrected chi connectivity index (χ2v) is 5.03. The Kier molecular flexibility index (Phi) is 5.11. The van der Waals surface area contributed by atoms with Crippen molar-refractivity contribution in [3.05, 3.63) is 30.1 Å². The summed E-state index contributed by atoms with van der Waals surface area (Å²) in [6.07, 6.45) is 4.08. The Morgan fingerprint density at radius 3 is 3.17 bits per heavy atom. The van der Waals surface area contributed by atoms with Crippen molar-refractivity contribution in [1.29, 1.82) is 0 Å². The Bertz CT molecular complexity index is 344. The molecule has 4 nitrogen and oxygen atoms in total. The van der Waals surface area contributed by atoms with E-state index in [1.54, 1.807) is 6.20 Å². The lowest BCUT2D eigenvalue weighted by Crippen LogP contribution is -2.49. The normalized spacial score (nSPS) is 25.2. The van der Waals surface area contributed by atoms with E-state index in [0.717, 1.165) is 32.8 Å². The van der Waals surface area contributed by atoms with Gasteiger partial charge in [0.05, 0.1) is 12.7 Å². The zero-order valence-corrected chi connectivity index (χ0v) is 11.3. The van der Waals surface area contributed by atoms with Crippen molar-refractivity contribution in [2.75, 3.05) is 26.2 Å². The van der Waals surface area contributed by atoms with Crippen LogP contribution in [0.15, 0.2) is 24.5 Å². The van der Waals surface area contributed by atoms with Crippen LogP contribution in [0.4, 0.5) is 0 Å². The average Bonchev–Trinajstić information content (AvgIpc) is 2.40. The van der Waals surface area contributed by atoms with E-state index in [0.29, 0.717) is 12.1 Å². The Morgan fingerprint density at radius 1 is 1.50 bits per heavy atom. The summed E-state index contributed by atoms with van der Waals surface area (Å²) < 4.78 is 5.63. The van der Waals surface area contributed by atoms with Crippen LogP contribution >= 0.6 is 0 Å². The molecule has 0 saturated carbocycles. The van der Waals surface area contributed by atoms with Crippen molar-refractivity contribution in [3.8, 4) is 0 Å². The molecule has 0 amide bonds. The van der Waals surface area contributed by atoms with Crippen LogP contribution in [0.3, 0.4) is 0 Å². The molecule has 1 fully saturated rings. The Labute approximate surface area is 109 Å². The average molecular weight is 249 g/mol. The maximum atomic E-state index is 5.63. The Balaban J connectivity index is 1.66. The summed E-state index contributed by atoms with van der Waals surface area (Å²) in [5, 5.41) is 3.46. The quantitative estimate of drug-likeness (QED) is 0.798. The minimum absolute atomic E-state index is 0.361. The second-order valence-electron chi connectivity index (χ2n) is 5.03. The third-order valence-corrected chi connectivity index (χ3v) is 3.36. The van der Waals surface area contributed by atoms with E-state index < -0.39 is 0 Å². The third-order valence-electron chi connectivity index (χ3n) is 3.36. The molecule has 1 aromatic heterocycles. The van der Waals surface area contributed by atoms with E-state index in [9.17, 15) is 0 Å². The number of nitrogens with zero attached hydrogens (tertiary/aromatic N) is 2. The van der Waals surface area contributed by atoms with Crippen molar-refractivity contribution in [3.63, 3.8) is 0 Å². The maximum absolute atomic E-state index is 5.63. The van der Waals surface area contributed by atoms with Crippen molar-refractivity contribution in [1.82, 2.24) is 15.2 Å². The number of hydrogen-bond donors (Lipinski definition) is 1. The number of rotatable bonds is 5.